The molecule has 0 saturated heterocycles. The van der Waals surface area contributed by atoms with Gasteiger partial charge in [-0.25, -0.2) is 9.29 Å². The zero-order valence-electron chi connectivity index (χ0n) is 17.0. The SMILES string of the molecule is CC(C)Oc1ccc(C2=C(Sc3ccccc3)C(=O)N(c3ccc(F)cc3)C2=O)cc1. The van der Waals surface area contributed by atoms with E-state index >= 15 is 0 Å². The standard InChI is InChI=1S/C25H20FNO3S/c1-16(2)30-20-14-8-17(9-15-20)22-23(31-21-6-4-3-5-7-21)25(29)27(24(22)28)19-12-10-18(26)11-13-19/h3-16H,1-2H3. The second-order valence-corrected chi connectivity index (χ2v) is 8.32. The lowest BCUT2D eigenvalue weighted by atomic mass is 10.1. The number of amides is 2. The minimum Gasteiger partial charge on any atom is -0.491 e. The molecule has 2 amide bonds. The summed E-state index contributed by atoms with van der Waals surface area (Å²) >= 11 is 1.24. The van der Waals surface area contributed by atoms with Crippen LogP contribution >= 0.6 is 11.8 Å². The Bertz CT molecular complexity index is 1140. The summed E-state index contributed by atoms with van der Waals surface area (Å²) in [5, 5.41) is 0. The van der Waals surface area contributed by atoms with Crippen LogP contribution in [0.1, 0.15) is 19.4 Å². The molecule has 0 radical (unpaired) electrons. The van der Waals surface area contributed by atoms with Gasteiger partial charge in [0.15, 0.2) is 0 Å². The number of rotatable bonds is 6. The van der Waals surface area contributed by atoms with Crippen molar-refractivity contribution in [3.8, 4) is 5.75 Å². The monoisotopic (exact) mass is 433 g/mol. The highest BCUT2D eigenvalue weighted by molar-refractivity contribution is 8.04. The molecule has 4 rings (SSSR count). The lowest BCUT2D eigenvalue weighted by Crippen LogP contribution is -2.31. The molecular weight excluding hydrogens is 413 g/mol. The molecule has 0 unspecified atom stereocenters. The molecule has 0 aromatic heterocycles. The van der Waals surface area contributed by atoms with Crippen LogP contribution in [0.25, 0.3) is 5.57 Å². The fourth-order valence-electron chi connectivity index (χ4n) is 3.26. The Kier molecular flexibility index (Phi) is 5.91. The van der Waals surface area contributed by atoms with E-state index in [1.54, 1.807) is 24.3 Å². The number of ether oxygens (including phenoxy) is 1. The van der Waals surface area contributed by atoms with Gasteiger partial charge in [0.2, 0.25) is 0 Å². The summed E-state index contributed by atoms with van der Waals surface area (Å²) in [5.74, 6) is -0.616. The zero-order valence-corrected chi connectivity index (χ0v) is 17.9. The van der Waals surface area contributed by atoms with Gasteiger partial charge in [0.1, 0.15) is 11.6 Å². The Morgan fingerprint density at radius 2 is 1.48 bits per heavy atom. The van der Waals surface area contributed by atoms with Crippen molar-refractivity contribution in [1.29, 1.82) is 0 Å². The van der Waals surface area contributed by atoms with Gasteiger partial charge in [-0.15, -0.1) is 0 Å². The third kappa shape index (κ3) is 4.39. The van der Waals surface area contributed by atoms with Crippen LogP contribution in [0.5, 0.6) is 5.75 Å². The van der Waals surface area contributed by atoms with E-state index in [1.807, 2.05) is 44.2 Å². The number of anilines is 1. The van der Waals surface area contributed by atoms with Crippen molar-refractivity contribution < 1.29 is 18.7 Å². The average Bonchev–Trinajstić information content (AvgIpc) is 2.99. The number of hydrogen-bond acceptors (Lipinski definition) is 4. The van der Waals surface area contributed by atoms with Crippen molar-refractivity contribution in [2.75, 3.05) is 4.90 Å². The Hall–Kier alpha value is -3.38. The van der Waals surface area contributed by atoms with E-state index in [4.69, 9.17) is 4.74 Å². The molecule has 1 heterocycles. The van der Waals surface area contributed by atoms with Gasteiger partial charge < -0.3 is 4.74 Å². The van der Waals surface area contributed by atoms with Gasteiger partial charge in [0.05, 0.1) is 22.3 Å². The molecule has 1 aliphatic rings. The van der Waals surface area contributed by atoms with Crippen LogP contribution in [0.4, 0.5) is 10.1 Å². The van der Waals surface area contributed by atoms with E-state index in [1.165, 1.54) is 36.0 Å². The van der Waals surface area contributed by atoms with Gasteiger partial charge in [0, 0.05) is 4.90 Å². The number of thioether (sulfide) groups is 1. The first kappa shape index (κ1) is 20.9. The Balaban J connectivity index is 1.76. The predicted octanol–water partition coefficient (Wildman–Crippen LogP) is 5.69. The van der Waals surface area contributed by atoms with Crippen molar-refractivity contribution in [3.63, 3.8) is 0 Å². The Morgan fingerprint density at radius 3 is 2.10 bits per heavy atom. The van der Waals surface area contributed by atoms with Crippen LogP contribution in [0, 0.1) is 5.82 Å². The molecule has 3 aromatic carbocycles. The van der Waals surface area contributed by atoms with Gasteiger partial charge in [-0.3, -0.25) is 9.59 Å². The zero-order chi connectivity index (χ0) is 22.0. The summed E-state index contributed by atoms with van der Waals surface area (Å²) < 4.78 is 19.1. The Labute approximate surface area is 184 Å². The number of nitrogens with zero attached hydrogens (tertiary/aromatic N) is 1. The average molecular weight is 434 g/mol. The van der Waals surface area contributed by atoms with Crippen LogP contribution in [0.3, 0.4) is 0 Å². The van der Waals surface area contributed by atoms with E-state index in [0.29, 0.717) is 27.5 Å². The first-order valence-electron chi connectivity index (χ1n) is 9.82. The predicted molar refractivity (Wildman–Crippen MR) is 120 cm³/mol. The number of benzene rings is 3. The fourth-order valence-corrected chi connectivity index (χ4v) is 4.28. The van der Waals surface area contributed by atoms with E-state index in [2.05, 4.69) is 0 Å². The van der Waals surface area contributed by atoms with E-state index in [-0.39, 0.29) is 6.10 Å². The van der Waals surface area contributed by atoms with Crippen molar-refractivity contribution >= 4 is 34.8 Å². The topological polar surface area (TPSA) is 46.6 Å². The molecule has 0 bridgehead atoms. The maximum atomic E-state index is 13.4. The molecule has 0 saturated carbocycles. The van der Waals surface area contributed by atoms with Crippen LogP contribution in [0.2, 0.25) is 0 Å². The van der Waals surface area contributed by atoms with Gasteiger partial charge in [0.25, 0.3) is 11.8 Å². The molecule has 0 spiro atoms. The maximum Gasteiger partial charge on any atom is 0.272 e. The molecule has 1 aliphatic heterocycles. The number of carbonyl (C=O) groups is 2. The first-order valence-corrected chi connectivity index (χ1v) is 10.6. The molecule has 4 nitrogen and oxygen atoms in total. The molecule has 0 atom stereocenters. The molecule has 0 aliphatic carbocycles. The highest BCUT2D eigenvalue weighted by atomic mass is 32.2. The van der Waals surface area contributed by atoms with Crippen molar-refractivity contribution in [2.45, 2.75) is 24.8 Å². The molecular formula is C25H20FNO3S. The second-order valence-electron chi connectivity index (χ2n) is 7.23. The van der Waals surface area contributed by atoms with Crippen molar-refractivity contribution in [3.05, 3.63) is 95.1 Å². The highest BCUT2D eigenvalue weighted by Gasteiger charge is 2.40. The molecule has 31 heavy (non-hydrogen) atoms. The van der Waals surface area contributed by atoms with Crippen LogP contribution in [-0.4, -0.2) is 17.9 Å². The molecule has 0 N–H and O–H groups in total. The van der Waals surface area contributed by atoms with E-state index in [9.17, 15) is 14.0 Å². The van der Waals surface area contributed by atoms with Crippen LogP contribution in [-0.2, 0) is 9.59 Å². The third-order valence-electron chi connectivity index (χ3n) is 4.60. The molecule has 6 heteroatoms. The van der Waals surface area contributed by atoms with Gasteiger partial charge in [-0.2, -0.15) is 0 Å². The summed E-state index contributed by atoms with van der Waals surface area (Å²) in [6.45, 7) is 3.87. The van der Waals surface area contributed by atoms with Gasteiger partial charge in [-0.05, 0) is 67.9 Å². The maximum absolute atomic E-state index is 13.4. The molecule has 0 fully saturated rings. The number of halogens is 1. The van der Waals surface area contributed by atoms with Crippen molar-refractivity contribution in [2.24, 2.45) is 0 Å². The lowest BCUT2D eigenvalue weighted by molar-refractivity contribution is -0.119. The number of imide groups is 1. The van der Waals surface area contributed by atoms with Crippen LogP contribution in [0.15, 0.2) is 88.7 Å². The van der Waals surface area contributed by atoms with Crippen LogP contribution < -0.4 is 9.64 Å². The first-order chi connectivity index (χ1) is 14.9. The lowest BCUT2D eigenvalue weighted by Gasteiger charge is -2.15. The van der Waals surface area contributed by atoms with Crippen molar-refractivity contribution in [1.82, 2.24) is 0 Å². The largest absolute Gasteiger partial charge is 0.491 e. The molecule has 156 valence electrons. The Morgan fingerprint density at radius 1 is 0.839 bits per heavy atom. The van der Waals surface area contributed by atoms with E-state index in [0.717, 1.165) is 9.80 Å². The molecule has 3 aromatic rings. The minimum atomic E-state index is -0.437. The third-order valence-corrected chi connectivity index (χ3v) is 5.69. The highest BCUT2D eigenvalue weighted by Crippen LogP contribution is 2.41. The van der Waals surface area contributed by atoms with Gasteiger partial charge in [-0.1, -0.05) is 42.1 Å². The summed E-state index contributed by atoms with van der Waals surface area (Å²) in [5.41, 5.74) is 1.27. The summed E-state index contributed by atoms with van der Waals surface area (Å²) in [6, 6.07) is 21.8. The fraction of sp³-hybridized carbons (Fsp3) is 0.120. The second kappa shape index (κ2) is 8.78. The normalized spacial score (nSPS) is 14.0. The summed E-state index contributed by atoms with van der Waals surface area (Å²) in [6.07, 6.45) is 0.0259. The summed E-state index contributed by atoms with van der Waals surface area (Å²) in [7, 11) is 0. The minimum absolute atomic E-state index is 0.0259. The van der Waals surface area contributed by atoms with E-state index < -0.39 is 17.6 Å². The number of carbonyl (C=O) groups excluding carboxylic acids is 2. The number of hydrogen-bond donors (Lipinski definition) is 0. The van der Waals surface area contributed by atoms with Gasteiger partial charge >= 0.3 is 0 Å². The smallest absolute Gasteiger partial charge is 0.272 e. The quantitative estimate of drug-likeness (QED) is 0.469. The summed E-state index contributed by atoms with van der Waals surface area (Å²) in [4.78, 5) is 29.0.